The Kier molecular flexibility index (Phi) is 8.02. The second-order valence-corrected chi connectivity index (χ2v) is 11.4. The predicted molar refractivity (Wildman–Crippen MR) is 164 cm³/mol. The lowest BCUT2D eigenvalue weighted by Gasteiger charge is -2.27. The van der Waals surface area contributed by atoms with E-state index in [1.54, 1.807) is 23.5 Å². The van der Waals surface area contributed by atoms with Crippen LogP contribution in [0.25, 0.3) is 42.3 Å². The largest absolute Gasteiger partial charge is 0.440 e. The number of rotatable bonds is 9. The average molecular weight is 573 g/mol. The molecule has 0 spiro atoms. The zero-order valence-electron chi connectivity index (χ0n) is 22.6. The van der Waals surface area contributed by atoms with Crippen molar-refractivity contribution in [3.8, 4) is 11.1 Å². The number of nitrogens with zero attached hydrogens (tertiary/aromatic N) is 1. The second-order valence-electron chi connectivity index (χ2n) is 10.3. The lowest BCUT2D eigenvalue weighted by Crippen LogP contribution is -2.36. The van der Waals surface area contributed by atoms with Gasteiger partial charge in [-0.1, -0.05) is 36.4 Å². The summed E-state index contributed by atoms with van der Waals surface area (Å²) < 4.78 is 14.0. The van der Waals surface area contributed by atoms with Gasteiger partial charge in [0.15, 0.2) is 11.3 Å². The monoisotopic (exact) mass is 572 g/mol. The highest BCUT2D eigenvalue weighted by molar-refractivity contribution is 7.26. The Labute approximate surface area is 240 Å². The zero-order valence-corrected chi connectivity index (χ0v) is 23.4. The van der Waals surface area contributed by atoms with Gasteiger partial charge in [-0.05, 0) is 37.0 Å². The van der Waals surface area contributed by atoms with Crippen LogP contribution in [0.5, 0.6) is 0 Å². The Morgan fingerprint density at radius 2 is 1.71 bits per heavy atom. The van der Waals surface area contributed by atoms with Crippen molar-refractivity contribution in [2.45, 2.75) is 19.3 Å². The number of carbonyl (C=O) groups is 1. The third kappa shape index (κ3) is 5.46. The molecule has 1 saturated heterocycles. The van der Waals surface area contributed by atoms with Gasteiger partial charge < -0.3 is 29.6 Å². The van der Waals surface area contributed by atoms with Gasteiger partial charge in [0.1, 0.15) is 5.58 Å². The first-order valence-electron chi connectivity index (χ1n) is 13.9. The third-order valence-corrected chi connectivity index (χ3v) is 8.91. The number of para-hydroxylation sites is 1. The topological polar surface area (TPSA) is 112 Å². The van der Waals surface area contributed by atoms with Gasteiger partial charge in [-0.2, -0.15) is 0 Å². The van der Waals surface area contributed by atoms with Crippen LogP contribution < -0.4 is 15.6 Å². The molecule has 1 aliphatic rings. The summed E-state index contributed by atoms with van der Waals surface area (Å²) in [6, 6.07) is 19.2. The van der Waals surface area contributed by atoms with E-state index >= 15 is 0 Å². The molecule has 9 heteroatoms. The fourth-order valence-electron chi connectivity index (χ4n) is 5.64. The molecule has 3 N–H and O–H groups in total. The van der Waals surface area contributed by atoms with E-state index in [1.807, 2.05) is 47.4 Å². The van der Waals surface area contributed by atoms with Crippen LogP contribution in [-0.4, -0.2) is 55.6 Å². The fraction of sp³-hybridized carbons (Fsp3) is 0.312. The number of aliphatic hydroxyl groups is 2. The van der Waals surface area contributed by atoms with Crippen molar-refractivity contribution in [3.05, 3.63) is 70.9 Å². The first-order valence-corrected chi connectivity index (χ1v) is 14.7. The molecule has 2 aromatic heterocycles. The standard InChI is InChI=1S/C32H32N2O6S/c35-14-10-20(11-15-36)18-28(38)33-25-9-8-22(32-30(25)24-4-1-2-7-27(24)41-32)21-5-3-6-23-26(37)19-29(40-31(21)23)34-12-16-39-17-13-34/h1-9,19-20,35-36H,10-18H2,(H,33,38). The van der Waals surface area contributed by atoms with Crippen LogP contribution in [0.15, 0.2) is 69.9 Å². The van der Waals surface area contributed by atoms with Crippen molar-refractivity contribution < 1.29 is 24.2 Å². The molecule has 1 amide bonds. The number of ether oxygens (including phenoxy) is 1. The number of anilines is 2. The molecule has 41 heavy (non-hydrogen) atoms. The molecule has 3 aromatic carbocycles. The molecule has 0 radical (unpaired) electrons. The van der Waals surface area contributed by atoms with E-state index in [0.29, 0.717) is 61.7 Å². The van der Waals surface area contributed by atoms with E-state index in [2.05, 4.69) is 11.4 Å². The lowest BCUT2D eigenvalue weighted by molar-refractivity contribution is -0.117. The summed E-state index contributed by atoms with van der Waals surface area (Å²) in [7, 11) is 0. The van der Waals surface area contributed by atoms with Crippen molar-refractivity contribution in [3.63, 3.8) is 0 Å². The van der Waals surface area contributed by atoms with Gasteiger partial charge >= 0.3 is 0 Å². The number of nitrogens with one attached hydrogen (secondary N) is 1. The van der Waals surface area contributed by atoms with Crippen molar-refractivity contribution in [1.82, 2.24) is 0 Å². The normalized spacial score (nSPS) is 14.0. The van der Waals surface area contributed by atoms with Crippen molar-refractivity contribution in [2.75, 3.05) is 49.7 Å². The van der Waals surface area contributed by atoms with Gasteiger partial charge in [-0.25, -0.2) is 0 Å². The fourth-order valence-corrected chi connectivity index (χ4v) is 6.89. The third-order valence-electron chi connectivity index (χ3n) is 7.70. The first-order chi connectivity index (χ1) is 20.1. The molecule has 212 valence electrons. The van der Waals surface area contributed by atoms with Crippen molar-refractivity contribution in [1.29, 1.82) is 0 Å². The number of hydrogen-bond acceptors (Lipinski definition) is 8. The molecule has 0 unspecified atom stereocenters. The molecule has 8 nitrogen and oxygen atoms in total. The molecule has 0 bridgehead atoms. The lowest BCUT2D eigenvalue weighted by atomic mass is 9.97. The molecule has 1 fully saturated rings. The van der Waals surface area contributed by atoms with Crippen LogP contribution in [-0.2, 0) is 9.53 Å². The molecule has 0 atom stereocenters. The van der Waals surface area contributed by atoms with Crippen LogP contribution in [0.4, 0.5) is 11.6 Å². The Balaban J connectivity index is 1.47. The minimum atomic E-state index is -0.160. The van der Waals surface area contributed by atoms with Gasteiger partial charge in [0.25, 0.3) is 0 Å². The van der Waals surface area contributed by atoms with Crippen molar-refractivity contribution >= 4 is 60.0 Å². The van der Waals surface area contributed by atoms with Gasteiger partial charge in [0, 0.05) is 70.1 Å². The molecular formula is C32H32N2O6S. The van der Waals surface area contributed by atoms with Gasteiger partial charge in [0.05, 0.1) is 24.3 Å². The molecule has 6 rings (SSSR count). The number of thiophene rings is 1. The van der Waals surface area contributed by atoms with E-state index in [4.69, 9.17) is 9.15 Å². The van der Waals surface area contributed by atoms with E-state index in [0.717, 1.165) is 31.3 Å². The molecule has 5 aromatic rings. The second kappa shape index (κ2) is 12.0. The summed E-state index contributed by atoms with van der Waals surface area (Å²) in [5.41, 5.74) is 2.88. The van der Waals surface area contributed by atoms with E-state index in [9.17, 15) is 19.8 Å². The van der Waals surface area contributed by atoms with E-state index in [1.165, 1.54) is 0 Å². The molecular weight excluding hydrogens is 540 g/mol. The Morgan fingerprint density at radius 1 is 0.951 bits per heavy atom. The average Bonchev–Trinajstić information content (AvgIpc) is 3.38. The maximum Gasteiger partial charge on any atom is 0.224 e. The Hall–Kier alpha value is -3.76. The smallest absolute Gasteiger partial charge is 0.224 e. The van der Waals surface area contributed by atoms with Crippen LogP contribution in [0.3, 0.4) is 0 Å². The minimum absolute atomic E-state index is 0.0273. The summed E-state index contributed by atoms with van der Waals surface area (Å²) in [5, 5.41) is 24.3. The number of amides is 1. The predicted octanol–water partition coefficient (Wildman–Crippen LogP) is 5.37. The van der Waals surface area contributed by atoms with Crippen LogP contribution in [0.2, 0.25) is 0 Å². The quantitative estimate of drug-likeness (QED) is 0.218. The van der Waals surface area contributed by atoms with Gasteiger partial charge in [-0.3, -0.25) is 9.59 Å². The summed E-state index contributed by atoms with van der Waals surface area (Å²) in [6.07, 6.45) is 1.14. The highest BCUT2D eigenvalue weighted by Gasteiger charge is 2.21. The number of morpholine rings is 1. The highest BCUT2D eigenvalue weighted by atomic mass is 32.1. The molecule has 0 aliphatic carbocycles. The van der Waals surface area contributed by atoms with E-state index in [-0.39, 0.29) is 36.9 Å². The highest BCUT2D eigenvalue weighted by Crippen LogP contribution is 2.45. The number of carbonyl (C=O) groups excluding carboxylic acids is 1. The number of benzene rings is 3. The SMILES string of the molecule is O=C(CC(CCO)CCO)Nc1ccc(-c2cccc3c(=O)cc(N4CCOCC4)oc23)c2sc3ccccc3c12. The maximum atomic E-state index is 13.2. The van der Waals surface area contributed by atoms with Gasteiger partial charge in [-0.15, -0.1) is 11.3 Å². The summed E-state index contributed by atoms with van der Waals surface area (Å²) in [5.74, 6) is 0.279. The summed E-state index contributed by atoms with van der Waals surface area (Å²) in [6.45, 7) is 2.42. The van der Waals surface area contributed by atoms with Crippen LogP contribution >= 0.6 is 11.3 Å². The number of hydrogen-bond donors (Lipinski definition) is 3. The Bertz CT molecular complexity index is 1770. The van der Waals surface area contributed by atoms with E-state index < -0.39 is 0 Å². The van der Waals surface area contributed by atoms with Gasteiger partial charge in [0.2, 0.25) is 5.91 Å². The molecule has 1 aliphatic heterocycles. The molecule has 3 heterocycles. The number of aliphatic hydroxyl groups excluding tert-OH is 2. The zero-order chi connectivity index (χ0) is 28.3. The van der Waals surface area contributed by atoms with Crippen LogP contribution in [0, 0.1) is 5.92 Å². The van der Waals surface area contributed by atoms with Crippen LogP contribution in [0.1, 0.15) is 19.3 Å². The summed E-state index contributed by atoms with van der Waals surface area (Å²) >= 11 is 1.64. The minimum Gasteiger partial charge on any atom is -0.440 e. The first kappa shape index (κ1) is 27.4. The maximum absolute atomic E-state index is 13.2. The summed E-state index contributed by atoms with van der Waals surface area (Å²) in [4.78, 5) is 28.3. The van der Waals surface area contributed by atoms with Crippen molar-refractivity contribution in [2.24, 2.45) is 5.92 Å². The Morgan fingerprint density at radius 3 is 2.49 bits per heavy atom. The number of fused-ring (bicyclic) bond motifs is 4. The molecule has 0 saturated carbocycles.